The molecule has 0 radical (unpaired) electrons. The molecule has 1 aliphatic carbocycles. The first kappa shape index (κ1) is 24.5. The van der Waals surface area contributed by atoms with Gasteiger partial charge in [-0.3, -0.25) is 4.79 Å². The summed E-state index contributed by atoms with van der Waals surface area (Å²) in [5.74, 6) is -2.82. The van der Waals surface area contributed by atoms with Crippen LogP contribution >= 0.6 is 0 Å². The third-order valence-electron chi connectivity index (χ3n) is 6.05. The number of carbonyl (C=O) groups excluding carboxylic acids is 2. The van der Waals surface area contributed by atoms with Crippen molar-refractivity contribution in [2.24, 2.45) is 0 Å². The molecule has 1 aliphatic heterocycles. The van der Waals surface area contributed by atoms with Gasteiger partial charge >= 0.3 is 18.2 Å². The molecule has 1 fully saturated rings. The van der Waals surface area contributed by atoms with Gasteiger partial charge in [0, 0.05) is 12.5 Å². The van der Waals surface area contributed by atoms with E-state index in [1.165, 1.54) is 0 Å². The molecule has 0 bridgehead atoms. The van der Waals surface area contributed by atoms with E-state index in [-0.39, 0.29) is 25.6 Å². The topological polar surface area (TPSA) is 114 Å². The molecule has 1 heterocycles. The fraction of sp³-hybridized carbons (Fsp3) is 0.375. The van der Waals surface area contributed by atoms with Gasteiger partial charge < -0.3 is 25.2 Å². The normalized spacial score (nSPS) is 20.0. The second kappa shape index (κ2) is 9.95. The molecule has 3 N–H and O–H groups in total. The molecule has 2 aliphatic rings. The first-order chi connectivity index (χ1) is 16.6. The third-order valence-corrected chi connectivity index (χ3v) is 6.05. The molecule has 2 aromatic rings. The average molecular weight is 492 g/mol. The molecule has 0 aromatic heterocycles. The molecule has 11 heteroatoms. The number of halogens is 3. The highest BCUT2D eigenvalue weighted by molar-refractivity contribution is 5.87. The van der Waals surface area contributed by atoms with Gasteiger partial charge in [-0.15, -0.1) is 0 Å². The Morgan fingerprint density at radius 3 is 2.23 bits per heavy atom. The molecule has 1 saturated heterocycles. The number of hydrogen-bond donors (Lipinski definition) is 3. The zero-order chi connectivity index (χ0) is 25.2. The van der Waals surface area contributed by atoms with Gasteiger partial charge in [-0.2, -0.15) is 13.2 Å². The molecular weight excluding hydrogens is 469 g/mol. The van der Waals surface area contributed by atoms with Crippen LogP contribution in [0.15, 0.2) is 48.5 Å². The number of aliphatic carboxylic acids is 1. The Morgan fingerprint density at radius 2 is 1.66 bits per heavy atom. The summed E-state index contributed by atoms with van der Waals surface area (Å²) in [6.07, 6.45) is -8.86. The van der Waals surface area contributed by atoms with E-state index in [4.69, 9.17) is 14.6 Å². The summed E-state index contributed by atoms with van der Waals surface area (Å²) >= 11 is 0. The van der Waals surface area contributed by atoms with Gasteiger partial charge in [0.25, 0.3) is 0 Å². The quantitative estimate of drug-likeness (QED) is 0.547. The lowest BCUT2D eigenvalue weighted by Crippen LogP contribution is -2.53. The van der Waals surface area contributed by atoms with Gasteiger partial charge in [0.2, 0.25) is 5.91 Å². The van der Waals surface area contributed by atoms with E-state index in [0.29, 0.717) is 0 Å². The summed E-state index contributed by atoms with van der Waals surface area (Å²) in [6.45, 7) is -0.108. The number of alkyl carbamates (subject to hydrolysis) is 1. The van der Waals surface area contributed by atoms with E-state index in [9.17, 15) is 27.6 Å². The third kappa shape index (κ3) is 5.56. The van der Waals surface area contributed by atoms with Crippen molar-refractivity contribution < 1.29 is 42.1 Å². The van der Waals surface area contributed by atoms with Crippen molar-refractivity contribution in [3.63, 3.8) is 0 Å². The summed E-state index contributed by atoms with van der Waals surface area (Å²) in [5, 5.41) is 13.4. The average Bonchev–Trinajstić information content (AvgIpc) is 3.39. The molecule has 0 saturated carbocycles. The summed E-state index contributed by atoms with van der Waals surface area (Å²) in [6, 6.07) is 12.1. The van der Waals surface area contributed by atoms with E-state index in [2.05, 4.69) is 5.32 Å². The lowest BCUT2D eigenvalue weighted by Gasteiger charge is -2.23. The Hall–Kier alpha value is -3.60. The second-order valence-corrected chi connectivity index (χ2v) is 8.38. The van der Waals surface area contributed by atoms with Crippen LogP contribution in [-0.2, 0) is 19.1 Å². The predicted octanol–water partition coefficient (Wildman–Crippen LogP) is 3.20. The predicted molar refractivity (Wildman–Crippen MR) is 117 cm³/mol. The minimum atomic E-state index is -4.77. The van der Waals surface area contributed by atoms with Gasteiger partial charge in [-0.25, -0.2) is 9.59 Å². The number of nitrogens with one attached hydrogen (secondary N) is 2. The Bertz CT molecular complexity index is 1080. The van der Waals surface area contributed by atoms with Crippen molar-refractivity contribution in [2.75, 3.05) is 13.2 Å². The molecule has 3 atom stereocenters. The molecule has 2 amide bonds. The maximum atomic E-state index is 13.1. The smallest absolute Gasteiger partial charge is 0.407 e. The van der Waals surface area contributed by atoms with Gasteiger partial charge in [-0.1, -0.05) is 48.5 Å². The largest absolute Gasteiger partial charge is 0.479 e. The van der Waals surface area contributed by atoms with Crippen molar-refractivity contribution >= 4 is 18.0 Å². The maximum absolute atomic E-state index is 13.1. The van der Waals surface area contributed by atoms with Gasteiger partial charge in [0.05, 0.1) is 12.5 Å². The Labute approximate surface area is 198 Å². The van der Waals surface area contributed by atoms with Crippen LogP contribution in [-0.4, -0.2) is 60.7 Å². The molecule has 4 rings (SSSR count). The van der Waals surface area contributed by atoms with E-state index < -0.39 is 48.8 Å². The van der Waals surface area contributed by atoms with Crippen LogP contribution in [0.4, 0.5) is 18.0 Å². The summed E-state index contributed by atoms with van der Waals surface area (Å²) in [5.41, 5.74) is 3.82. The summed E-state index contributed by atoms with van der Waals surface area (Å²) < 4.78 is 49.6. The van der Waals surface area contributed by atoms with Crippen molar-refractivity contribution in [1.29, 1.82) is 0 Å². The molecule has 3 unspecified atom stereocenters. The molecule has 35 heavy (non-hydrogen) atoms. The number of amides is 2. The van der Waals surface area contributed by atoms with Crippen molar-refractivity contribution in [3.05, 3.63) is 59.7 Å². The van der Waals surface area contributed by atoms with Crippen LogP contribution < -0.4 is 10.6 Å². The molecule has 186 valence electrons. The number of benzene rings is 2. The number of ether oxygens (including phenoxy) is 2. The minimum absolute atomic E-state index is 0.0334. The number of hydrogen-bond acceptors (Lipinski definition) is 5. The Balaban J connectivity index is 1.42. The van der Waals surface area contributed by atoms with Crippen LogP contribution in [0.1, 0.15) is 29.9 Å². The van der Waals surface area contributed by atoms with Crippen LogP contribution in [0, 0.1) is 0 Å². The molecule has 2 aromatic carbocycles. The van der Waals surface area contributed by atoms with Gasteiger partial charge in [0.1, 0.15) is 12.6 Å². The van der Waals surface area contributed by atoms with E-state index in [1.807, 2.05) is 53.8 Å². The number of carboxylic acids is 1. The zero-order valence-electron chi connectivity index (χ0n) is 18.4. The zero-order valence-corrected chi connectivity index (χ0v) is 18.4. The van der Waals surface area contributed by atoms with E-state index in [0.717, 1.165) is 22.3 Å². The Morgan fingerprint density at radius 1 is 1.06 bits per heavy atom. The van der Waals surface area contributed by atoms with Crippen LogP contribution in [0.3, 0.4) is 0 Å². The first-order valence-corrected chi connectivity index (χ1v) is 11.0. The summed E-state index contributed by atoms with van der Waals surface area (Å²) in [7, 11) is 0. The molecule has 0 spiro atoms. The first-order valence-electron chi connectivity index (χ1n) is 11.0. The lowest BCUT2D eigenvalue weighted by atomic mass is 9.98. The van der Waals surface area contributed by atoms with Crippen LogP contribution in [0.5, 0.6) is 0 Å². The number of carboxylic acid groups (broad SMARTS) is 1. The number of rotatable bonds is 7. The van der Waals surface area contributed by atoms with E-state index >= 15 is 0 Å². The van der Waals surface area contributed by atoms with Crippen LogP contribution in [0.2, 0.25) is 0 Å². The fourth-order valence-electron chi connectivity index (χ4n) is 4.49. The number of fused-ring (bicyclic) bond motifs is 3. The second-order valence-electron chi connectivity index (χ2n) is 8.38. The molecule has 8 nitrogen and oxygen atoms in total. The van der Waals surface area contributed by atoms with E-state index in [1.54, 1.807) is 0 Å². The monoisotopic (exact) mass is 492 g/mol. The highest BCUT2D eigenvalue weighted by Crippen LogP contribution is 2.44. The lowest BCUT2D eigenvalue weighted by molar-refractivity contribution is -0.152. The van der Waals surface area contributed by atoms with Crippen molar-refractivity contribution in [2.45, 2.75) is 43.1 Å². The van der Waals surface area contributed by atoms with Gasteiger partial charge in [-0.05, 0) is 28.7 Å². The molecular formula is C24H23F3N2O6. The minimum Gasteiger partial charge on any atom is -0.479 e. The van der Waals surface area contributed by atoms with Crippen molar-refractivity contribution in [1.82, 2.24) is 10.6 Å². The SMILES string of the molecule is O=C(NC(CC(F)(F)F)C(=O)NC1CCOC1C(=O)O)OCC1c2ccccc2-c2ccccc21. The van der Waals surface area contributed by atoms with Crippen molar-refractivity contribution in [3.8, 4) is 11.1 Å². The highest BCUT2D eigenvalue weighted by Gasteiger charge is 2.40. The van der Waals surface area contributed by atoms with Crippen LogP contribution in [0.25, 0.3) is 11.1 Å². The summed E-state index contributed by atoms with van der Waals surface area (Å²) in [4.78, 5) is 36.2. The standard InChI is InChI=1S/C24H23F3N2O6/c25-24(26,27)11-19(21(30)28-18-9-10-34-20(18)22(31)32)29-23(33)35-12-17-15-7-3-1-5-13(15)14-6-2-4-8-16(14)17/h1-8,17-20H,9-12H2,(H,28,30)(H,29,33)(H,31,32). The number of alkyl halides is 3. The van der Waals surface area contributed by atoms with Gasteiger partial charge in [0.15, 0.2) is 6.10 Å². The Kier molecular flexibility index (Phi) is 6.97. The highest BCUT2D eigenvalue weighted by atomic mass is 19.4. The maximum Gasteiger partial charge on any atom is 0.407 e. The fourth-order valence-corrected chi connectivity index (χ4v) is 4.49. The number of carbonyl (C=O) groups is 3.